The normalized spacial score (nSPS) is 19.2. The summed E-state index contributed by atoms with van der Waals surface area (Å²) in [7, 11) is 0. The highest BCUT2D eigenvalue weighted by Crippen LogP contribution is 2.40. The van der Waals surface area contributed by atoms with Crippen LogP contribution in [0.3, 0.4) is 0 Å². The second-order valence-electron chi connectivity index (χ2n) is 5.28. The maximum atomic E-state index is 10.6. The van der Waals surface area contributed by atoms with E-state index in [9.17, 15) is 5.11 Å². The van der Waals surface area contributed by atoms with Crippen molar-refractivity contribution in [3.8, 4) is 0 Å². The first-order chi connectivity index (χ1) is 8.77. The van der Waals surface area contributed by atoms with Crippen molar-refractivity contribution < 1.29 is 5.11 Å². The number of nitrogens with zero attached hydrogens (tertiary/aromatic N) is 1. The molecule has 0 saturated heterocycles. The Kier molecular flexibility index (Phi) is 3.35. The van der Waals surface area contributed by atoms with E-state index < -0.39 is 0 Å². The fourth-order valence-corrected chi connectivity index (χ4v) is 4.26. The van der Waals surface area contributed by atoms with Gasteiger partial charge in [-0.05, 0) is 43.4 Å². The first kappa shape index (κ1) is 12.1. The molecule has 18 heavy (non-hydrogen) atoms. The van der Waals surface area contributed by atoms with Crippen molar-refractivity contribution in [1.29, 1.82) is 0 Å². The molecular formula is C15H19NOS. The zero-order valence-electron chi connectivity index (χ0n) is 10.7. The second-order valence-corrected chi connectivity index (χ2v) is 6.37. The van der Waals surface area contributed by atoms with E-state index in [1.165, 1.54) is 42.4 Å². The Hall–Kier alpha value is -0.930. The van der Waals surface area contributed by atoms with Gasteiger partial charge >= 0.3 is 0 Å². The van der Waals surface area contributed by atoms with Crippen LogP contribution in [0.2, 0.25) is 0 Å². The Morgan fingerprint density at radius 3 is 2.83 bits per heavy atom. The molecule has 1 N–H and O–H groups in total. The van der Waals surface area contributed by atoms with Crippen LogP contribution in [0.25, 0.3) is 10.2 Å². The molecule has 1 atom stereocenters. The molecule has 1 fully saturated rings. The summed E-state index contributed by atoms with van der Waals surface area (Å²) in [6, 6.07) is 4.06. The molecule has 2 heterocycles. The highest BCUT2D eigenvalue weighted by molar-refractivity contribution is 7.19. The molecule has 0 bridgehead atoms. The van der Waals surface area contributed by atoms with Crippen molar-refractivity contribution in [2.24, 2.45) is 5.92 Å². The minimum Gasteiger partial charge on any atom is -0.387 e. The monoisotopic (exact) mass is 261 g/mol. The third-order valence-electron chi connectivity index (χ3n) is 4.08. The minimum atomic E-state index is -0.288. The van der Waals surface area contributed by atoms with Crippen molar-refractivity contribution in [3.05, 3.63) is 28.8 Å². The van der Waals surface area contributed by atoms with Crippen LogP contribution in [0, 0.1) is 12.8 Å². The van der Waals surface area contributed by atoms with Crippen molar-refractivity contribution in [2.45, 2.75) is 45.1 Å². The Labute approximate surface area is 112 Å². The van der Waals surface area contributed by atoms with Crippen LogP contribution in [0.15, 0.2) is 18.3 Å². The number of hydrogen-bond donors (Lipinski definition) is 1. The number of fused-ring (bicyclic) bond motifs is 1. The van der Waals surface area contributed by atoms with E-state index in [0.29, 0.717) is 5.92 Å². The summed E-state index contributed by atoms with van der Waals surface area (Å²) in [5.41, 5.74) is 2.24. The van der Waals surface area contributed by atoms with E-state index in [4.69, 9.17) is 0 Å². The summed E-state index contributed by atoms with van der Waals surface area (Å²) in [6.07, 6.45) is 7.75. The molecule has 0 spiro atoms. The van der Waals surface area contributed by atoms with Gasteiger partial charge < -0.3 is 5.11 Å². The molecule has 3 rings (SSSR count). The SMILES string of the molecule is Cc1c(C(O)C2CCCCC2)sc2cccnc12. The fourth-order valence-electron chi connectivity index (χ4n) is 3.01. The zero-order valence-corrected chi connectivity index (χ0v) is 11.5. The lowest BCUT2D eigenvalue weighted by atomic mass is 9.84. The molecule has 0 amide bonds. The predicted octanol–water partition coefficient (Wildman–Crippen LogP) is 4.22. The minimum absolute atomic E-state index is 0.288. The molecule has 1 aliphatic carbocycles. The van der Waals surface area contributed by atoms with Crippen LogP contribution in [0.4, 0.5) is 0 Å². The van der Waals surface area contributed by atoms with Crippen molar-refractivity contribution in [3.63, 3.8) is 0 Å². The van der Waals surface area contributed by atoms with Gasteiger partial charge in [-0.3, -0.25) is 4.98 Å². The number of aromatic nitrogens is 1. The molecule has 0 aromatic carbocycles. The zero-order chi connectivity index (χ0) is 12.5. The summed E-state index contributed by atoms with van der Waals surface area (Å²) in [5, 5.41) is 10.6. The molecule has 2 aromatic heterocycles. The summed E-state index contributed by atoms with van der Waals surface area (Å²) in [4.78, 5) is 5.56. The van der Waals surface area contributed by atoms with E-state index in [1.807, 2.05) is 12.3 Å². The van der Waals surface area contributed by atoms with E-state index in [1.54, 1.807) is 11.3 Å². The average molecular weight is 261 g/mol. The number of hydrogen-bond acceptors (Lipinski definition) is 3. The second kappa shape index (κ2) is 4.98. The Morgan fingerprint density at radius 2 is 2.11 bits per heavy atom. The first-order valence-electron chi connectivity index (χ1n) is 6.79. The molecule has 3 heteroatoms. The third-order valence-corrected chi connectivity index (χ3v) is 5.40. The van der Waals surface area contributed by atoms with Gasteiger partial charge in [0.25, 0.3) is 0 Å². The molecule has 96 valence electrons. The highest BCUT2D eigenvalue weighted by Gasteiger charge is 2.26. The van der Waals surface area contributed by atoms with E-state index >= 15 is 0 Å². The predicted molar refractivity (Wildman–Crippen MR) is 75.9 cm³/mol. The van der Waals surface area contributed by atoms with Crippen molar-refractivity contribution in [2.75, 3.05) is 0 Å². The summed E-state index contributed by atoms with van der Waals surface area (Å²) < 4.78 is 1.19. The van der Waals surface area contributed by atoms with Gasteiger partial charge in [0, 0.05) is 11.1 Å². The van der Waals surface area contributed by atoms with Gasteiger partial charge in [-0.1, -0.05) is 19.3 Å². The number of thiophene rings is 1. The Morgan fingerprint density at radius 1 is 1.33 bits per heavy atom. The van der Waals surface area contributed by atoms with Gasteiger partial charge in [-0.25, -0.2) is 0 Å². The molecule has 2 aromatic rings. The molecule has 0 aliphatic heterocycles. The first-order valence-corrected chi connectivity index (χ1v) is 7.61. The molecule has 1 saturated carbocycles. The van der Waals surface area contributed by atoms with Gasteiger partial charge in [0.2, 0.25) is 0 Å². The third kappa shape index (κ3) is 2.06. The van der Waals surface area contributed by atoms with E-state index in [2.05, 4.69) is 18.0 Å². The van der Waals surface area contributed by atoms with Crippen molar-refractivity contribution in [1.82, 2.24) is 4.98 Å². The summed E-state index contributed by atoms with van der Waals surface area (Å²) in [6.45, 7) is 2.09. The number of aliphatic hydroxyl groups is 1. The molecule has 1 unspecified atom stereocenters. The molecule has 0 radical (unpaired) electrons. The quantitative estimate of drug-likeness (QED) is 0.878. The number of aryl methyl sites for hydroxylation is 1. The van der Waals surface area contributed by atoms with Crippen LogP contribution in [0.1, 0.15) is 48.6 Å². The lowest BCUT2D eigenvalue weighted by Crippen LogP contribution is -2.15. The van der Waals surface area contributed by atoms with Crippen LogP contribution >= 0.6 is 11.3 Å². The molecule has 1 aliphatic rings. The number of aliphatic hydroxyl groups excluding tert-OH is 1. The fraction of sp³-hybridized carbons (Fsp3) is 0.533. The summed E-state index contributed by atoms with van der Waals surface area (Å²) >= 11 is 1.71. The topological polar surface area (TPSA) is 33.1 Å². The Bertz CT molecular complexity index is 542. The number of rotatable bonds is 2. The molecule has 2 nitrogen and oxygen atoms in total. The lowest BCUT2D eigenvalue weighted by Gasteiger charge is -2.26. The van der Waals surface area contributed by atoms with Gasteiger partial charge in [-0.15, -0.1) is 11.3 Å². The summed E-state index contributed by atoms with van der Waals surface area (Å²) in [5.74, 6) is 0.450. The largest absolute Gasteiger partial charge is 0.387 e. The van der Waals surface area contributed by atoms with Crippen LogP contribution < -0.4 is 0 Å². The van der Waals surface area contributed by atoms with Crippen LogP contribution in [-0.4, -0.2) is 10.1 Å². The lowest BCUT2D eigenvalue weighted by molar-refractivity contribution is 0.0875. The van der Waals surface area contributed by atoms with Crippen LogP contribution in [0.5, 0.6) is 0 Å². The van der Waals surface area contributed by atoms with Gasteiger partial charge in [0.1, 0.15) is 0 Å². The van der Waals surface area contributed by atoms with Gasteiger partial charge in [0.05, 0.1) is 16.3 Å². The standard InChI is InChI=1S/C15H19NOS/c1-10-13-12(8-5-9-16-13)18-15(10)14(17)11-6-3-2-4-7-11/h5,8-9,11,14,17H,2-4,6-7H2,1H3. The highest BCUT2D eigenvalue weighted by atomic mass is 32.1. The van der Waals surface area contributed by atoms with Crippen molar-refractivity contribution >= 4 is 21.6 Å². The van der Waals surface area contributed by atoms with E-state index in [0.717, 1.165) is 10.4 Å². The van der Waals surface area contributed by atoms with Gasteiger partial charge in [-0.2, -0.15) is 0 Å². The van der Waals surface area contributed by atoms with Crippen LogP contribution in [-0.2, 0) is 0 Å². The molecular weight excluding hydrogens is 242 g/mol. The maximum Gasteiger partial charge on any atom is 0.0913 e. The Balaban J connectivity index is 1.95. The maximum absolute atomic E-state index is 10.6. The van der Waals surface area contributed by atoms with E-state index in [-0.39, 0.29) is 6.10 Å². The smallest absolute Gasteiger partial charge is 0.0913 e. The number of pyridine rings is 1. The van der Waals surface area contributed by atoms with Gasteiger partial charge in [0.15, 0.2) is 0 Å². The average Bonchev–Trinajstić information content (AvgIpc) is 2.77.